The van der Waals surface area contributed by atoms with Crippen molar-refractivity contribution < 1.29 is 9.26 Å². The first-order valence-corrected chi connectivity index (χ1v) is 6.99. The lowest BCUT2D eigenvalue weighted by Gasteiger charge is -2.08. The molecule has 0 spiro atoms. The van der Waals surface area contributed by atoms with E-state index in [1.165, 1.54) is 12.8 Å². The van der Waals surface area contributed by atoms with Gasteiger partial charge in [-0.3, -0.25) is 0 Å². The summed E-state index contributed by atoms with van der Waals surface area (Å²) in [5.41, 5.74) is 0.948. The molecule has 1 aromatic heterocycles. The summed E-state index contributed by atoms with van der Waals surface area (Å²) in [5, 5.41) is 7.30. The molecule has 18 heavy (non-hydrogen) atoms. The van der Waals surface area contributed by atoms with E-state index in [0.29, 0.717) is 12.5 Å². The summed E-state index contributed by atoms with van der Waals surface area (Å²) in [7, 11) is 0. The summed E-state index contributed by atoms with van der Waals surface area (Å²) < 4.78 is 10.8. The van der Waals surface area contributed by atoms with E-state index in [-0.39, 0.29) is 0 Å². The predicted molar refractivity (Wildman–Crippen MR) is 72.2 cm³/mol. The quantitative estimate of drug-likeness (QED) is 0.652. The van der Waals surface area contributed by atoms with Crippen molar-refractivity contribution in [3.63, 3.8) is 0 Å². The van der Waals surface area contributed by atoms with E-state index in [1.54, 1.807) is 0 Å². The molecule has 1 heterocycles. The minimum atomic E-state index is 0.523. The van der Waals surface area contributed by atoms with Crippen molar-refractivity contribution in [2.24, 2.45) is 5.92 Å². The van der Waals surface area contributed by atoms with Gasteiger partial charge in [0.05, 0.1) is 5.69 Å². The smallest absolute Gasteiger partial charge is 0.162 e. The summed E-state index contributed by atoms with van der Waals surface area (Å²) in [6.07, 6.45) is 3.55. The molecule has 4 nitrogen and oxygen atoms in total. The van der Waals surface area contributed by atoms with Crippen LogP contribution in [0, 0.1) is 5.92 Å². The third-order valence-corrected chi connectivity index (χ3v) is 2.77. The highest BCUT2D eigenvalue weighted by Gasteiger charge is 2.05. The van der Waals surface area contributed by atoms with Crippen LogP contribution >= 0.6 is 0 Å². The molecule has 1 N–H and O–H groups in total. The first-order valence-electron chi connectivity index (χ1n) is 6.99. The van der Waals surface area contributed by atoms with Gasteiger partial charge in [-0.15, -0.1) is 0 Å². The van der Waals surface area contributed by atoms with Crippen LogP contribution in [0.4, 0.5) is 0 Å². The molecule has 1 aromatic rings. The second-order valence-corrected chi connectivity index (χ2v) is 4.87. The van der Waals surface area contributed by atoms with Crippen molar-refractivity contribution in [1.82, 2.24) is 10.5 Å². The van der Waals surface area contributed by atoms with E-state index in [4.69, 9.17) is 9.26 Å². The third kappa shape index (κ3) is 6.17. The maximum atomic E-state index is 5.62. The maximum Gasteiger partial charge on any atom is 0.162 e. The highest BCUT2D eigenvalue weighted by atomic mass is 16.5. The lowest BCUT2D eigenvalue weighted by Crippen LogP contribution is -2.13. The molecule has 0 aliphatic rings. The molecule has 0 radical (unpaired) electrons. The van der Waals surface area contributed by atoms with Crippen LogP contribution in [0.3, 0.4) is 0 Å². The zero-order chi connectivity index (χ0) is 13.2. The Balaban J connectivity index is 2.18. The Bertz CT molecular complexity index is 312. The predicted octanol–water partition coefficient (Wildman–Crippen LogP) is 3.13. The fourth-order valence-corrected chi connectivity index (χ4v) is 1.84. The second-order valence-electron chi connectivity index (χ2n) is 4.87. The standard InChI is InChI=1S/C14H26N2O2/c1-4-6-12(3)10-17-11-14-8-13(16-18-14)9-15-7-5-2/h8,12,15H,4-7,9-11H2,1-3H3. The van der Waals surface area contributed by atoms with E-state index in [0.717, 1.165) is 37.6 Å². The highest BCUT2D eigenvalue weighted by Crippen LogP contribution is 2.09. The average molecular weight is 254 g/mol. The van der Waals surface area contributed by atoms with Crippen LogP contribution in [0.1, 0.15) is 51.5 Å². The van der Waals surface area contributed by atoms with E-state index in [1.807, 2.05) is 6.07 Å². The van der Waals surface area contributed by atoms with Crippen molar-refractivity contribution in [2.75, 3.05) is 13.2 Å². The van der Waals surface area contributed by atoms with Gasteiger partial charge in [-0.05, 0) is 25.3 Å². The molecule has 1 atom stereocenters. The second kappa shape index (κ2) is 9.11. The molecule has 0 amide bonds. The van der Waals surface area contributed by atoms with Crippen molar-refractivity contribution in [3.05, 3.63) is 17.5 Å². The Morgan fingerprint density at radius 2 is 2.22 bits per heavy atom. The zero-order valence-electron chi connectivity index (χ0n) is 11.9. The molecular weight excluding hydrogens is 228 g/mol. The summed E-state index contributed by atoms with van der Waals surface area (Å²) in [6.45, 7) is 9.64. The molecule has 0 saturated heterocycles. The average Bonchev–Trinajstić information content (AvgIpc) is 2.78. The summed E-state index contributed by atoms with van der Waals surface area (Å²) in [4.78, 5) is 0. The van der Waals surface area contributed by atoms with Gasteiger partial charge in [0.15, 0.2) is 5.76 Å². The molecule has 4 heteroatoms. The van der Waals surface area contributed by atoms with Crippen LogP contribution in [0.25, 0.3) is 0 Å². The number of ether oxygens (including phenoxy) is 1. The van der Waals surface area contributed by atoms with Gasteiger partial charge in [-0.2, -0.15) is 0 Å². The maximum absolute atomic E-state index is 5.62. The van der Waals surface area contributed by atoms with E-state index < -0.39 is 0 Å². The number of hydrogen-bond donors (Lipinski definition) is 1. The van der Waals surface area contributed by atoms with E-state index in [9.17, 15) is 0 Å². The third-order valence-electron chi connectivity index (χ3n) is 2.77. The van der Waals surface area contributed by atoms with Crippen LogP contribution < -0.4 is 5.32 Å². The molecule has 0 saturated carbocycles. The Morgan fingerprint density at radius 1 is 1.39 bits per heavy atom. The first kappa shape index (κ1) is 15.2. The molecule has 0 bridgehead atoms. The van der Waals surface area contributed by atoms with E-state index in [2.05, 4.69) is 31.2 Å². The van der Waals surface area contributed by atoms with Crippen LogP contribution in [0.2, 0.25) is 0 Å². The van der Waals surface area contributed by atoms with Crippen LogP contribution in [-0.2, 0) is 17.9 Å². The SMILES string of the molecule is CCCNCc1cc(COCC(C)CCC)on1. The monoisotopic (exact) mass is 254 g/mol. The van der Waals surface area contributed by atoms with Crippen molar-refractivity contribution in [1.29, 1.82) is 0 Å². The van der Waals surface area contributed by atoms with Crippen molar-refractivity contribution >= 4 is 0 Å². The van der Waals surface area contributed by atoms with Crippen LogP contribution in [0.15, 0.2) is 10.6 Å². The normalized spacial score (nSPS) is 12.8. The van der Waals surface area contributed by atoms with Gasteiger partial charge in [-0.25, -0.2) is 0 Å². The van der Waals surface area contributed by atoms with Crippen LogP contribution in [-0.4, -0.2) is 18.3 Å². The molecule has 1 unspecified atom stereocenters. The minimum Gasteiger partial charge on any atom is -0.373 e. The van der Waals surface area contributed by atoms with Crippen LogP contribution in [0.5, 0.6) is 0 Å². The molecule has 0 fully saturated rings. The van der Waals surface area contributed by atoms with Gasteiger partial charge >= 0.3 is 0 Å². The molecule has 104 valence electrons. The van der Waals surface area contributed by atoms with Gasteiger partial charge in [0.2, 0.25) is 0 Å². The molecular formula is C14H26N2O2. The minimum absolute atomic E-state index is 0.523. The van der Waals surface area contributed by atoms with Gasteiger partial charge in [0.25, 0.3) is 0 Å². The first-order chi connectivity index (χ1) is 8.76. The largest absolute Gasteiger partial charge is 0.373 e. The molecule has 0 aromatic carbocycles. The number of hydrogen-bond acceptors (Lipinski definition) is 4. The summed E-state index contributed by atoms with van der Waals surface area (Å²) in [5.74, 6) is 1.43. The fourth-order valence-electron chi connectivity index (χ4n) is 1.84. The fraction of sp³-hybridized carbons (Fsp3) is 0.786. The Labute approximate surface area is 110 Å². The van der Waals surface area contributed by atoms with Crippen molar-refractivity contribution in [2.45, 2.75) is 53.2 Å². The lowest BCUT2D eigenvalue weighted by atomic mass is 10.1. The Hall–Kier alpha value is -0.870. The Kier molecular flexibility index (Phi) is 7.69. The number of nitrogens with zero attached hydrogens (tertiary/aromatic N) is 1. The van der Waals surface area contributed by atoms with Crippen molar-refractivity contribution in [3.8, 4) is 0 Å². The summed E-state index contributed by atoms with van der Waals surface area (Å²) in [6, 6.07) is 1.97. The van der Waals surface area contributed by atoms with Gasteiger partial charge < -0.3 is 14.6 Å². The lowest BCUT2D eigenvalue weighted by molar-refractivity contribution is 0.0739. The molecule has 1 rings (SSSR count). The van der Waals surface area contributed by atoms with Gasteiger partial charge in [0.1, 0.15) is 6.61 Å². The zero-order valence-corrected chi connectivity index (χ0v) is 11.9. The number of aromatic nitrogens is 1. The molecule has 0 aliphatic heterocycles. The topological polar surface area (TPSA) is 47.3 Å². The van der Waals surface area contributed by atoms with Gasteiger partial charge in [0, 0.05) is 19.2 Å². The molecule has 0 aliphatic carbocycles. The van der Waals surface area contributed by atoms with Gasteiger partial charge in [-0.1, -0.05) is 32.3 Å². The summed E-state index contributed by atoms with van der Waals surface area (Å²) >= 11 is 0. The Morgan fingerprint density at radius 3 is 2.94 bits per heavy atom. The van der Waals surface area contributed by atoms with E-state index >= 15 is 0 Å². The highest BCUT2D eigenvalue weighted by molar-refractivity contribution is 5.04. The number of nitrogens with one attached hydrogen (secondary N) is 1. The number of rotatable bonds is 10.